The monoisotopic (exact) mass is 213 g/mol. The number of rotatable bonds is 2. The Morgan fingerprint density at radius 1 is 1.27 bits per heavy atom. The highest BCUT2D eigenvalue weighted by molar-refractivity contribution is 5.36. The summed E-state index contributed by atoms with van der Waals surface area (Å²) in [4.78, 5) is 0. The van der Waals surface area contributed by atoms with Gasteiger partial charge in [-0.25, -0.2) is 4.39 Å². The third kappa shape index (κ3) is 1.49. The van der Waals surface area contributed by atoms with Crippen LogP contribution >= 0.6 is 0 Å². The van der Waals surface area contributed by atoms with Crippen LogP contribution < -0.4 is 10.5 Å². The molecule has 1 saturated carbocycles. The molecule has 0 unspecified atom stereocenters. The molecule has 0 bridgehead atoms. The molecule has 1 aliphatic rings. The van der Waals surface area contributed by atoms with Crippen molar-refractivity contribution in [3.8, 4) is 5.75 Å². The summed E-state index contributed by atoms with van der Waals surface area (Å²) in [5.41, 5.74) is 5.51. The molecule has 15 heavy (non-hydrogen) atoms. The molecule has 1 aromatic carbocycles. The van der Waals surface area contributed by atoms with Crippen molar-refractivity contribution in [3.63, 3.8) is 0 Å². The molecule has 1 aliphatic carbocycles. The van der Waals surface area contributed by atoms with Crippen LogP contribution in [0.5, 0.6) is 5.75 Å². The van der Waals surface area contributed by atoms with Gasteiger partial charge in [0.2, 0.25) is 5.82 Å². The average molecular weight is 213 g/mol. The third-order valence-corrected chi connectivity index (χ3v) is 3.05. The Balaban J connectivity index is 2.46. The Morgan fingerprint density at radius 2 is 1.93 bits per heavy atom. The first kappa shape index (κ1) is 10.4. The van der Waals surface area contributed by atoms with E-state index >= 15 is 0 Å². The number of methoxy groups -OCH3 is 1. The summed E-state index contributed by atoms with van der Waals surface area (Å²) in [7, 11) is 1.30. The number of hydrogen-bond donors (Lipinski definition) is 1. The van der Waals surface area contributed by atoms with Crippen LogP contribution in [0.3, 0.4) is 0 Å². The van der Waals surface area contributed by atoms with Crippen molar-refractivity contribution in [2.75, 3.05) is 7.11 Å². The molecule has 0 atom stereocenters. The summed E-state index contributed by atoms with van der Waals surface area (Å²) in [6.45, 7) is 0. The Labute approximate surface area is 87.0 Å². The van der Waals surface area contributed by atoms with Crippen molar-refractivity contribution in [3.05, 3.63) is 29.3 Å². The van der Waals surface area contributed by atoms with Crippen LogP contribution in [0.2, 0.25) is 0 Å². The third-order valence-electron chi connectivity index (χ3n) is 3.05. The van der Waals surface area contributed by atoms with Crippen molar-refractivity contribution in [1.82, 2.24) is 0 Å². The number of ether oxygens (including phenoxy) is 1. The predicted molar refractivity (Wildman–Crippen MR) is 52.6 cm³/mol. The molecule has 1 aromatic rings. The van der Waals surface area contributed by atoms with E-state index in [1.807, 2.05) is 0 Å². The molecule has 1 fully saturated rings. The highest BCUT2D eigenvalue weighted by atomic mass is 19.2. The van der Waals surface area contributed by atoms with Gasteiger partial charge in [0.05, 0.1) is 7.11 Å². The number of hydrogen-bond acceptors (Lipinski definition) is 2. The highest BCUT2D eigenvalue weighted by Crippen LogP contribution is 2.41. The molecule has 2 rings (SSSR count). The van der Waals surface area contributed by atoms with Gasteiger partial charge in [-0.15, -0.1) is 0 Å². The van der Waals surface area contributed by atoms with E-state index in [-0.39, 0.29) is 11.3 Å². The standard InChI is InChI=1S/C11H13F2NO/c1-15-8-4-3-7(9(12)10(8)13)11(14)5-2-6-11/h3-4H,2,5-6,14H2,1H3. The van der Waals surface area contributed by atoms with Crippen LogP contribution in [-0.4, -0.2) is 7.11 Å². The second-order valence-corrected chi connectivity index (χ2v) is 3.95. The second-order valence-electron chi connectivity index (χ2n) is 3.95. The number of nitrogens with two attached hydrogens (primary N) is 1. The van der Waals surface area contributed by atoms with Crippen LogP contribution in [0.4, 0.5) is 8.78 Å². The maximum absolute atomic E-state index is 13.6. The fourth-order valence-corrected chi connectivity index (χ4v) is 1.90. The van der Waals surface area contributed by atoms with Crippen LogP contribution in [0.25, 0.3) is 0 Å². The zero-order chi connectivity index (χ0) is 11.1. The molecular weight excluding hydrogens is 200 g/mol. The molecule has 2 N–H and O–H groups in total. The second kappa shape index (κ2) is 3.45. The van der Waals surface area contributed by atoms with E-state index in [4.69, 9.17) is 5.73 Å². The van der Waals surface area contributed by atoms with Gasteiger partial charge in [0.15, 0.2) is 11.6 Å². The highest BCUT2D eigenvalue weighted by Gasteiger charge is 2.37. The molecule has 4 heteroatoms. The van der Waals surface area contributed by atoms with Gasteiger partial charge in [-0.2, -0.15) is 4.39 Å². The first-order valence-electron chi connectivity index (χ1n) is 4.90. The number of halogens is 2. The Bertz CT molecular complexity index is 388. The summed E-state index contributed by atoms with van der Waals surface area (Å²) in [6.07, 6.45) is 2.37. The van der Waals surface area contributed by atoms with Gasteiger partial charge in [0.1, 0.15) is 0 Å². The molecule has 0 heterocycles. The molecule has 0 saturated heterocycles. The van der Waals surface area contributed by atoms with E-state index < -0.39 is 17.2 Å². The van der Waals surface area contributed by atoms with Crippen molar-refractivity contribution >= 4 is 0 Å². The normalized spacial score (nSPS) is 18.4. The van der Waals surface area contributed by atoms with Gasteiger partial charge in [-0.1, -0.05) is 6.07 Å². The van der Waals surface area contributed by atoms with Crippen molar-refractivity contribution in [2.45, 2.75) is 24.8 Å². The van der Waals surface area contributed by atoms with Gasteiger partial charge < -0.3 is 10.5 Å². The SMILES string of the molecule is COc1ccc(C2(N)CCC2)c(F)c1F. The molecule has 0 amide bonds. The molecule has 0 aromatic heterocycles. The van der Waals surface area contributed by atoms with Crippen molar-refractivity contribution in [2.24, 2.45) is 5.73 Å². The van der Waals surface area contributed by atoms with Gasteiger partial charge in [0.25, 0.3) is 0 Å². The average Bonchev–Trinajstić information content (AvgIpc) is 2.19. The lowest BCUT2D eigenvalue weighted by Gasteiger charge is -2.38. The van der Waals surface area contributed by atoms with E-state index in [1.165, 1.54) is 19.2 Å². The summed E-state index contributed by atoms with van der Waals surface area (Å²) in [5, 5.41) is 0. The van der Waals surface area contributed by atoms with Crippen LogP contribution in [0.15, 0.2) is 12.1 Å². The quantitative estimate of drug-likeness (QED) is 0.818. The minimum atomic E-state index is -0.952. The molecule has 0 spiro atoms. The Morgan fingerprint density at radius 3 is 2.40 bits per heavy atom. The predicted octanol–water partition coefficient (Wildman–Crippen LogP) is 2.31. The van der Waals surface area contributed by atoms with Crippen molar-refractivity contribution in [1.29, 1.82) is 0 Å². The first-order chi connectivity index (χ1) is 7.08. The lowest BCUT2D eigenvalue weighted by molar-refractivity contribution is 0.241. The topological polar surface area (TPSA) is 35.2 Å². The maximum Gasteiger partial charge on any atom is 0.200 e. The summed E-state index contributed by atoms with van der Waals surface area (Å²) in [6, 6.07) is 2.93. The molecular formula is C11H13F2NO. The minimum absolute atomic E-state index is 0.0841. The van der Waals surface area contributed by atoms with Crippen LogP contribution in [0, 0.1) is 11.6 Å². The smallest absolute Gasteiger partial charge is 0.200 e. The van der Waals surface area contributed by atoms with E-state index in [2.05, 4.69) is 4.74 Å². The fourth-order valence-electron chi connectivity index (χ4n) is 1.90. The van der Waals surface area contributed by atoms with E-state index in [1.54, 1.807) is 0 Å². The molecule has 0 radical (unpaired) electrons. The van der Waals surface area contributed by atoms with E-state index in [0.29, 0.717) is 12.8 Å². The molecule has 2 nitrogen and oxygen atoms in total. The zero-order valence-electron chi connectivity index (χ0n) is 8.52. The summed E-state index contributed by atoms with van der Waals surface area (Å²) in [5.74, 6) is -1.91. The summed E-state index contributed by atoms with van der Waals surface area (Å²) < 4.78 is 31.7. The first-order valence-corrected chi connectivity index (χ1v) is 4.90. The van der Waals surface area contributed by atoms with Gasteiger partial charge >= 0.3 is 0 Å². The van der Waals surface area contributed by atoms with Crippen LogP contribution in [0.1, 0.15) is 24.8 Å². The number of benzene rings is 1. The lowest BCUT2D eigenvalue weighted by Crippen LogP contribution is -2.44. The minimum Gasteiger partial charge on any atom is -0.494 e. The maximum atomic E-state index is 13.6. The van der Waals surface area contributed by atoms with Gasteiger partial charge in [-0.05, 0) is 25.3 Å². The fraction of sp³-hybridized carbons (Fsp3) is 0.455. The van der Waals surface area contributed by atoms with E-state index in [0.717, 1.165) is 6.42 Å². The zero-order valence-corrected chi connectivity index (χ0v) is 8.52. The summed E-state index contributed by atoms with van der Waals surface area (Å²) >= 11 is 0. The van der Waals surface area contributed by atoms with Gasteiger partial charge in [0, 0.05) is 11.1 Å². The van der Waals surface area contributed by atoms with Gasteiger partial charge in [-0.3, -0.25) is 0 Å². The Hall–Kier alpha value is -1.16. The van der Waals surface area contributed by atoms with Crippen LogP contribution in [-0.2, 0) is 5.54 Å². The Kier molecular flexibility index (Phi) is 2.38. The molecule has 0 aliphatic heterocycles. The lowest BCUT2D eigenvalue weighted by atomic mass is 9.72. The largest absolute Gasteiger partial charge is 0.494 e. The van der Waals surface area contributed by atoms with E-state index in [9.17, 15) is 8.78 Å². The van der Waals surface area contributed by atoms with Crippen molar-refractivity contribution < 1.29 is 13.5 Å². The molecule has 82 valence electrons.